The second kappa shape index (κ2) is 8.13. The summed E-state index contributed by atoms with van der Waals surface area (Å²) in [4.78, 5) is 30.6. The lowest BCUT2D eigenvalue weighted by atomic mass is 10.1. The molecule has 136 valence electrons. The number of amides is 1. The summed E-state index contributed by atoms with van der Waals surface area (Å²) in [7, 11) is 0. The fourth-order valence-corrected chi connectivity index (χ4v) is 3.12. The number of benzene rings is 1. The molecule has 1 aliphatic rings. The van der Waals surface area contributed by atoms with Crippen molar-refractivity contribution in [3.8, 4) is 0 Å². The second-order valence-electron chi connectivity index (χ2n) is 6.78. The third kappa shape index (κ3) is 4.48. The van der Waals surface area contributed by atoms with Crippen molar-refractivity contribution in [2.45, 2.75) is 33.1 Å². The molecule has 0 aliphatic carbocycles. The number of aromatic nitrogens is 1. The lowest BCUT2D eigenvalue weighted by Crippen LogP contribution is -2.26. The van der Waals surface area contributed by atoms with Gasteiger partial charge in [-0.05, 0) is 51.0 Å². The number of hydrogen-bond acceptors (Lipinski definition) is 4. The van der Waals surface area contributed by atoms with E-state index in [1.165, 1.54) is 0 Å². The summed E-state index contributed by atoms with van der Waals surface area (Å²) in [6.45, 7) is 4.70. The van der Waals surface area contributed by atoms with Crippen molar-refractivity contribution >= 4 is 17.6 Å². The van der Waals surface area contributed by atoms with Gasteiger partial charge >= 0.3 is 5.97 Å². The number of pyridine rings is 1. The molecule has 0 saturated carbocycles. The van der Waals surface area contributed by atoms with E-state index in [4.69, 9.17) is 4.74 Å². The largest absolute Gasteiger partial charge is 0.465 e. The number of aryl methyl sites for hydroxylation is 3. The zero-order chi connectivity index (χ0) is 18.5. The van der Waals surface area contributed by atoms with Crippen LogP contribution in [0.4, 0.5) is 5.69 Å². The first-order valence-electron chi connectivity index (χ1n) is 8.99. The van der Waals surface area contributed by atoms with Crippen molar-refractivity contribution in [3.05, 3.63) is 59.4 Å². The molecule has 5 nitrogen and oxygen atoms in total. The quantitative estimate of drug-likeness (QED) is 0.592. The molecule has 0 bridgehead atoms. The van der Waals surface area contributed by atoms with Gasteiger partial charge in [0.05, 0.1) is 12.5 Å². The summed E-state index contributed by atoms with van der Waals surface area (Å²) in [5.41, 5.74) is 3.96. The van der Waals surface area contributed by atoms with E-state index in [2.05, 4.69) is 4.98 Å². The maximum absolute atomic E-state index is 12.3. The predicted molar refractivity (Wildman–Crippen MR) is 99.9 cm³/mol. The molecule has 0 radical (unpaired) electrons. The van der Waals surface area contributed by atoms with E-state index >= 15 is 0 Å². The van der Waals surface area contributed by atoms with Crippen molar-refractivity contribution in [1.82, 2.24) is 4.98 Å². The summed E-state index contributed by atoms with van der Waals surface area (Å²) in [6.07, 6.45) is 1.71. The Morgan fingerprint density at radius 2 is 1.96 bits per heavy atom. The first-order valence-corrected chi connectivity index (χ1v) is 8.99. The lowest BCUT2D eigenvalue weighted by molar-refractivity contribution is -0.148. The Kier molecular flexibility index (Phi) is 5.66. The smallest absolute Gasteiger partial charge is 0.311 e. The maximum Gasteiger partial charge on any atom is 0.311 e. The van der Waals surface area contributed by atoms with Gasteiger partial charge in [-0.1, -0.05) is 23.8 Å². The molecule has 0 spiro atoms. The van der Waals surface area contributed by atoms with E-state index in [9.17, 15) is 9.59 Å². The van der Waals surface area contributed by atoms with Gasteiger partial charge in [0, 0.05) is 30.0 Å². The van der Waals surface area contributed by atoms with E-state index in [1.54, 1.807) is 4.90 Å². The van der Waals surface area contributed by atoms with Gasteiger partial charge in [0.15, 0.2) is 0 Å². The first-order chi connectivity index (χ1) is 12.5. The van der Waals surface area contributed by atoms with Gasteiger partial charge in [0.1, 0.15) is 0 Å². The third-order valence-electron chi connectivity index (χ3n) is 4.57. The summed E-state index contributed by atoms with van der Waals surface area (Å²) < 4.78 is 5.38. The predicted octanol–water partition coefficient (Wildman–Crippen LogP) is 3.23. The Morgan fingerprint density at radius 3 is 2.69 bits per heavy atom. The van der Waals surface area contributed by atoms with Crippen molar-refractivity contribution in [3.63, 3.8) is 0 Å². The first kappa shape index (κ1) is 18.1. The number of hydrogen-bond donors (Lipinski definition) is 0. The molecule has 1 amide bonds. The lowest BCUT2D eigenvalue weighted by Gasteiger charge is -2.16. The molecule has 1 unspecified atom stereocenters. The fourth-order valence-electron chi connectivity index (χ4n) is 3.12. The summed E-state index contributed by atoms with van der Waals surface area (Å²) in [5, 5.41) is 0. The minimum absolute atomic E-state index is 0.0280. The van der Waals surface area contributed by atoms with Gasteiger partial charge < -0.3 is 9.64 Å². The summed E-state index contributed by atoms with van der Waals surface area (Å²) in [6, 6.07) is 13.7. The molecule has 1 aromatic carbocycles. The molecule has 3 rings (SSSR count). The average Bonchev–Trinajstić information content (AvgIpc) is 3.01. The Bertz CT molecular complexity index is 786. The highest BCUT2D eigenvalue weighted by Crippen LogP contribution is 2.26. The molecule has 1 atom stereocenters. The number of nitrogens with zero attached hydrogens (tertiary/aromatic N) is 2. The number of carbonyl (C=O) groups is 2. The van der Waals surface area contributed by atoms with E-state index in [1.807, 2.05) is 56.3 Å². The molecule has 5 heteroatoms. The zero-order valence-corrected chi connectivity index (χ0v) is 15.3. The SMILES string of the molecule is Cc1ccc(N2CC(C(=O)OCCCc3cccc(C)n3)CC2=O)cc1. The van der Waals surface area contributed by atoms with Crippen LogP contribution in [0.25, 0.3) is 0 Å². The van der Waals surface area contributed by atoms with Crippen LogP contribution in [0.1, 0.15) is 29.8 Å². The van der Waals surface area contributed by atoms with Gasteiger partial charge in [0.25, 0.3) is 0 Å². The highest BCUT2D eigenvalue weighted by atomic mass is 16.5. The molecule has 1 saturated heterocycles. The topological polar surface area (TPSA) is 59.5 Å². The van der Waals surface area contributed by atoms with Crippen LogP contribution in [-0.2, 0) is 20.7 Å². The minimum Gasteiger partial charge on any atom is -0.465 e. The molecule has 26 heavy (non-hydrogen) atoms. The maximum atomic E-state index is 12.3. The number of carbonyl (C=O) groups excluding carboxylic acids is 2. The molecule has 1 aliphatic heterocycles. The van der Waals surface area contributed by atoms with Crippen LogP contribution in [0.3, 0.4) is 0 Å². The Balaban J connectivity index is 1.46. The second-order valence-corrected chi connectivity index (χ2v) is 6.78. The highest BCUT2D eigenvalue weighted by Gasteiger charge is 2.36. The van der Waals surface area contributed by atoms with Gasteiger partial charge in [-0.3, -0.25) is 14.6 Å². The van der Waals surface area contributed by atoms with Gasteiger partial charge in [-0.15, -0.1) is 0 Å². The van der Waals surface area contributed by atoms with E-state index in [0.29, 0.717) is 13.2 Å². The normalized spacial score (nSPS) is 16.8. The average molecular weight is 352 g/mol. The summed E-state index contributed by atoms with van der Waals surface area (Å²) >= 11 is 0. The minimum atomic E-state index is -0.388. The van der Waals surface area contributed by atoms with Gasteiger partial charge in [-0.25, -0.2) is 0 Å². The Labute approximate surface area is 154 Å². The highest BCUT2D eigenvalue weighted by molar-refractivity contribution is 5.99. The van der Waals surface area contributed by atoms with Crippen LogP contribution in [0.5, 0.6) is 0 Å². The van der Waals surface area contributed by atoms with Gasteiger partial charge in [-0.2, -0.15) is 0 Å². The Hall–Kier alpha value is -2.69. The number of ether oxygens (including phenoxy) is 1. The van der Waals surface area contributed by atoms with Gasteiger partial charge in [0.2, 0.25) is 5.91 Å². The van der Waals surface area contributed by atoms with Crippen LogP contribution in [0.15, 0.2) is 42.5 Å². The van der Waals surface area contributed by atoms with Crippen molar-refractivity contribution in [2.24, 2.45) is 5.92 Å². The van der Waals surface area contributed by atoms with E-state index in [-0.39, 0.29) is 24.2 Å². The standard InChI is InChI=1S/C21H24N2O3/c1-15-8-10-19(11-9-15)23-14-17(13-20(23)24)21(25)26-12-4-7-18-6-3-5-16(2)22-18/h3,5-6,8-11,17H,4,7,12-14H2,1-2H3. The molecule has 1 fully saturated rings. The van der Waals surface area contributed by atoms with Crippen LogP contribution < -0.4 is 4.90 Å². The van der Waals surface area contributed by atoms with Crippen LogP contribution in [0, 0.1) is 19.8 Å². The zero-order valence-electron chi connectivity index (χ0n) is 15.3. The monoisotopic (exact) mass is 352 g/mol. The van der Waals surface area contributed by atoms with E-state index in [0.717, 1.165) is 35.5 Å². The van der Waals surface area contributed by atoms with Crippen molar-refractivity contribution in [2.75, 3.05) is 18.1 Å². The third-order valence-corrected chi connectivity index (χ3v) is 4.57. The van der Waals surface area contributed by atoms with Crippen molar-refractivity contribution < 1.29 is 14.3 Å². The fraction of sp³-hybridized carbons (Fsp3) is 0.381. The van der Waals surface area contributed by atoms with Crippen molar-refractivity contribution in [1.29, 1.82) is 0 Å². The molecule has 2 aromatic rings. The molecular weight excluding hydrogens is 328 g/mol. The number of esters is 1. The molecule has 2 heterocycles. The van der Waals surface area contributed by atoms with Crippen LogP contribution >= 0.6 is 0 Å². The van der Waals surface area contributed by atoms with E-state index < -0.39 is 0 Å². The summed E-state index contributed by atoms with van der Waals surface area (Å²) in [5.74, 6) is -0.703. The van der Waals surface area contributed by atoms with Crippen LogP contribution in [0.2, 0.25) is 0 Å². The van der Waals surface area contributed by atoms with Crippen LogP contribution in [-0.4, -0.2) is 30.0 Å². The molecule has 1 aromatic heterocycles. The molecule has 0 N–H and O–H groups in total. The number of rotatable bonds is 6. The molecular formula is C21H24N2O3. The number of anilines is 1. The Morgan fingerprint density at radius 1 is 1.19 bits per heavy atom.